The molecule has 0 aliphatic heterocycles. The van der Waals surface area contributed by atoms with E-state index in [9.17, 15) is 0 Å². The fourth-order valence-corrected chi connectivity index (χ4v) is 4.10. The van der Waals surface area contributed by atoms with Crippen LogP contribution in [-0.4, -0.2) is 25.1 Å². The zero-order valence-electron chi connectivity index (χ0n) is 15.4. The number of benzene rings is 2. The van der Waals surface area contributed by atoms with Crippen LogP contribution in [0.3, 0.4) is 0 Å². The van der Waals surface area contributed by atoms with E-state index in [2.05, 4.69) is 68.7 Å². The second kappa shape index (κ2) is 7.09. The lowest BCUT2D eigenvalue weighted by molar-refractivity contribution is 1.12. The molecule has 0 saturated carbocycles. The van der Waals surface area contributed by atoms with Crippen molar-refractivity contribution in [2.75, 3.05) is 5.75 Å². The zero-order chi connectivity index (χ0) is 18.9. The molecular weight excluding hydrogens is 364 g/mol. The molecule has 0 fully saturated rings. The van der Waals surface area contributed by atoms with Crippen LogP contribution in [0.25, 0.3) is 39.1 Å². The lowest BCUT2D eigenvalue weighted by Crippen LogP contribution is -1.97. The minimum atomic E-state index is 0.814. The molecule has 5 aromatic rings. The van der Waals surface area contributed by atoms with Gasteiger partial charge in [-0.25, -0.2) is 4.98 Å². The third-order valence-electron chi connectivity index (χ3n) is 4.77. The fraction of sp³-hybridized carbons (Fsp3) is 0.0870. The summed E-state index contributed by atoms with van der Waals surface area (Å²) in [5.74, 6) is 1.07. The molecule has 0 amide bonds. The van der Waals surface area contributed by atoms with Crippen molar-refractivity contribution >= 4 is 28.2 Å². The van der Waals surface area contributed by atoms with Crippen LogP contribution in [-0.2, 0) is 0 Å². The van der Waals surface area contributed by atoms with Gasteiger partial charge in [-0.3, -0.25) is 14.4 Å². The molecule has 0 unspecified atom stereocenters. The monoisotopic (exact) mass is 382 g/mol. The van der Waals surface area contributed by atoms with Crippen LogP contribution in [0.1, 0.15) is 6.92 Å². The molecule has 0 saturated heterocycles. The first kappa shape index (κ1) is 17.0. The van der Waals surface area contributed by atoms with Crippen molar-refractivity contribution in [3.63, 3.8) is 0 Å². The Morgan fingerprint density at radius 2 is 1.64 bits per heavy atom. The molecule has 4 nitrogen and oxygen atoms in total. The molecule has 28 heavy (non-hydrogen) atoms. The van der Waals surface area contributed by atoms with Gasteiger partial charge in [-0.2, -0.15) is 0 Å². The molecule has 0 N–H and O–H groups in total. The molecule has 2 aromatic carbocycles. The second-order valence-corrected chi connectivity index (χ2v) is 7.84. The van der Waals surface area contributed by atoms with E-state index >= 15 is 0 Å². The summed E-state index contributed by atoms with van der Waals surface area (Å²) in [6, 6.07) is 19.0. The highest BCUT2D eigenvalue weighted by Crippen LogP contribution is 2.29. The number of aromatic nitrogens is 4. The maximum Gasteiger partial charge on any atom is 0.156 e. The third-order valence-corrected chi connectivity index (χ3v) is 5.67. The maximum atomic E-state index is 4.69. The van der Waals surface area contributed by atoms with Crippen LogP contribution in [0.5, 0.6) is 0 Å². The van der Waals surface area contributed by atoms with Gasteiger partial charge in [-0.05, 0) is 29.3 Å². The highest BCUT2D eigenvalue weighted by atomic mass is 32.2. The van der Waals surface area contributed by atoms with E-state index in [1.807, 2.05) is 42.5 Å². The lowest BCUT2D eigenvalue weighted by atomic mass is 10.1. The van der Waals surface area contributed by atoms with Gasteiger partial charge in [-0.1, -0.05) is 43.3 Å². The van der Waals surface area contributed by atoms with Gasteiger partial charge >= 0.3 is 0 Å². The van der Waals surface area contributed by atoms with Crippen LogP contribution in [0.2, 0.25) is 0 Å². The summed E-state index contributed by atoms with van der Waals surface area (Å²) in [7, 11) is 0. The van der Waals surface area contributed by atoms with Crippen LogP contribution in [0.15, 0.2) is 84.3 Å². The minimum Gasteiger partial charge on any atom is -0.288 e. The van der Waals surface area contributed by atoms with Crippen molar-refractivity contribution < 1.29 is 0 Å². The summed E-state index contributed by atoms with van der Waals surface area (Å²) >= 11 is 1.84. The molecule has 136 valence electrons. The minimum absolute atomic E-state index is 0.814. The quantitative estimate of drug-likeness (QED) is 0.373. The molecule has 3 aromatic heterocycles. The zero-order valence-corrected chi connectivity index (χ0v) is 16.2. The van der Waals surface area contributed by atoms with Gasteiger partial charge < -0.3 is 0 Å². The number of rotatable bonds is 4. The second-order valence-electron chi connectivity index (χ2n) is 6.50. The molecular formula is C23H18N4S. The van der Waals surface area contributed by atoms with E-state index in [4.69, 9.17) is 0 Å². The summed E-state index contributed by atoms with van der Waals surface area (Å²) < 4.78 is 2.13. The highest BCUT2D eigenvalue weighted by molar-refractivity contribution is 7.99. The Bertz CT molecular complexity index is 1280. The Morgan fingerprint density at radius 1 is 0.821 bits per heavy atom. The Balaban J connectivity index is 1.68. The van der Waals surface area contributed by atoms with E-state index in [-0.39, 0.29) is 0 Å². The van der Waals surface area contributed by atoms with Gasteiger partial charge in [0.15, 0.2) is 5.65 Å². The molecule has 0 radical (unpaired) electrons. The smallest absolute Gasteiger partial charge is 0.156 e. The first-order valence-electron chi connectivity index (χ1n) is 9.23. The number of hydrogen-bond acceptors (Lipinski definition) is 4. The van der Waals surface area contributed by atoms with E-state index in [1.165, 1.54) is 4.90 Å². The number of nitrogens with zero attached hydrogens (tertiary/aromatic N) is 4. The van der Waals surface area contributed by atoms with Gasteiger partial charge in [0.05, 0.1) is 35.7 Å². The van der Waals surface area contributed by atoms with Crippen molar-refractivity contribution in [2.24, 2.45) is 0 Å². The number of fused-ring (bicyclic) bond motifs is 2. The van der Waals surface area contributed by atoms with Crippen LogP contribution in [0, 0.1) is 0 Å². The van der Waals surface area contributed by atoms with Crippen LogP contribution >= 0.6 is 11.8 Å². The van der Waals surface area contributed by atoms with E-state index in [1.54, 1.807) is 6.20 Å². The average molecular weight is 382 g/mol. The predicted octanol–water partition coefficient (Wildman–Crippen LogP) is 5.72. The van der Waals surface area contributed by atoms with E-state index in [0.29, 0.717) is 0 Å². The maximum absolute atomic E-state index is 4.69. The summed E-state index contributed by atoms with van der Waals surface area (Å²) in [5.41, 5.74) is 4.79. The summed E-state index contributed by atoms with van der Waals surface area (Å²) in [4.78, 5) is 14.9. The van der Waals surface area contributed by atoms with Crippen molar-refractivity contribution in [1.29, 1.82) is 0 Å². The first-order chi connectivity index (χ1) is 13.8. The molecule has 0 atom stereocenters. The van der Waals surface area contributed by atoms with Gasteiger partial charge in [0, 0.05) is 22.0 Å². The normalized spacial score (nSPS) is 11.3. The van der Waals surface area contributed by atoms with Gasteiger partial charge in [0.1, 0.15) is 0 Å². The summed E-state index contributed by atoms with van der Waals surface area (Å²) in [6.45, 7) is 2.17. The highest BCUT2D eigenvalue weighted by Gasteiger charge is 2.13. The topological polar surface area (TPSA) is 43.1 Å². The Labute approximate surface area is 167 Å². The summed E-state index contributed by atoms with van der Waals surface area (Å²) in [5, 5.41) is 2.29. The van der Waals surface area contributed by atoms with Crippen molar-refractivity contribution in [3.05, 3.63) is 79.4 Å². The largest absolute Gasteiger partial charge is 0.288 e. The molecule has 0 bridgehead atoms. The SMILES string of the molecule is CCSc1ccc(-c2cnc3cncc(-c4cc5ccccc5cn4)n23)cc1. The van der Waals surface area contributed by atoms with E-state index < -0.39 is 0 Å². The predicted molar refractivity (Wildman–Crippen MR) is 116 cm³/mol. The molecule has 3 heterocycles. The van der Waals surface area contributed by atoms with E-state index in [0.717, 1.165) is 44.8 Å². The average Bonchev–Trinajstić information content (AvgIpc) is 3.18. The molecule has 5 rings (SSSR count). The Hall–Kier alpha value is -3.18. The molecule has 0 spiro atoms. The van der Waals surface area contributed by atoms with Crippen molar-refractivity contribution in [3.8, 4) is 22.6 Å². The van der Waals surface area contributed by atoms with Gasteiger partial charge in [0.25, 0.3) is 0 Å². The Kier molecular flexibility index (Phi) is 4.29. The standard InChI is InChI=1S/C23H18N4S/c1-2-28-19-9-7-16(8-10-19)21-14-26-23-15-24-13-22(27(21)23)20-11-17-5-3-4-6-18(17)12-25-20/h3-15H,2H2,1H3. The summed E-state index contributed by atoms with van der Waals surface area (Å²) in [6.07, 6.45) is 7.46. The van der Waals surface area contributed by atoms with Crippen LogP contribution < -0.4 is 0 Å². The number of hydrogen-bond donors (Lipinski definition) is 0. The number of thioether (sulfide) groups is 1. The van der Waals surface area contributed by atoms with Crippen molar-refractivity contribution in [1.82, 2.24) is 19.4 Å². The molecule has 0 aliphatic rings. The first-order valence-corrected chi connectivity index (χ1v) is 10.2. The Morgan fingerprint density at radius 3 is 2.46 bits per heavy atom. The van der Waals surface area contributed by atoms with Gasteiger partial charge in [0.2, 0.25) is 0 Å². The lowest BCUT2D eigenvalue weighted by Gasteiger charge is -2.10. The van der Waals surface area contributed by atoms with Crippen molar-refractivity contribution in [2.45, 2.75) is 11.8 Å². The fourth-order valence-electron chi connectivity index (χ4n) is 3.44. The number of imidazole rings is 1. The molecule has 5 heteroatoms. The molecule has 0 aliphatic carbocycles. The third kappa shape index (κ3) is 2.94. The van der Waals surface area contributed by atoms with Gasteiger partial charge in [-0.15, -0.1) is 11.8 Å². The van der Waals surface area contributed by atoms with Crippen LogP contribution in [0.4, 0.5) is 0 Å². The number of pyridine rings is 1.